The van der Waals surface area contributed by atoms with Gasteiger partial charge in [0.2, 0.25) is 12.0 Å². The Morgan fingerprint density at radius 3 is 2.37 bits per heavy atom. The number of hydrogen-bond acceptors (Lipinski definition) is 4. The third-order valence-electron chi connectivity index (χ3n) is 6.40. The van der Waals surface area contributed by atoms with Crippen molar-refractivity contribution in [2.24, 2.45) is 22.7 Å². The summed E-state index contributed by atoms with van der Waals surface area (Å²) in [5.74, 6) is 1.66. The van der Waals surface area contributed by atoms with Crippen LogP contribution in [0.5, 0.6) is 0 Å². The van der Waals surface area contributed by atoms with Gasteiger partial charge in [0.05, 0.1) is 0 Å². The van der Waals surface area contributed by atoms with E-state index < -0.39 is 12.1 Å². The van der Waals surface area contributed by atoms with Crippen LogP contribution in [0.15, 0.2) is 65.7 Å². The molecule has 4 rings (SSSR count). The van der Waals surface area contributed by atoms with Crippen molar-refractivity contribution in [2.45, 2.75) is 58.3 Å². The van der Waals surface area contributed by atoms with Crippen LogP contribution in [-0.2, 0) is 14.3 Å². The van der Waals surface area contributed by atoms with Crippen LogP contribution in [0.3, 0.4) is 0 Å². The molecule has 1 heterocycles. The van der Waals surface area contributed by atoms with Gasteiger partial charge in [0.25, 0.3) is 0 Å². The molecular weight excluding hydrogens is 374 g/mol. The third-order valence-corrected chi connectivity index (χ3v) is 6.40. The minimum absolute atomic E-state index is 0.0537. The molecule has 0 amide bonds. The maximum absolute atomic E-state index is 13.3. The number of hydrogen-bond donors (Lipinski definition) is 0. The molecular formula is C26H31NO3. The summed E-state index contributed by atoms with van der Waals surface area (Å²) in [7, 11) is 0. The lowest BCUT2D eigenvalue weighted by Crippen LogP contribution is -2.39. The quantitative estimate of drug-likeness (QED) is 0.610. The molecule has 2 aliphatic rings. The molecule has 158 valence electrons. The van der Waals surface area contributed by atoms with E-state index in [4.69, 9.17) is 14.5 Å². The summed E-state index contributed by atoms with van der Waals surface area (Å²) >= 11 is 0. The summed E-state index contributed by atoms with van der Waals surface area (Å²) in [5, 5.41) is 0. The Morgan fingerprint density at radius 2 is 1.70 bits per heavy atom. The minimum Gasteiger partial charge on any atom is -0.459 e. The first-order valence-corrected chi connectivity index (χ1v) is 11.1. The molecule has 0 N–H and O–H groups in total. The average Bonchev–Trinajstić information content (AvgIpc) is 3.20. The monoisotopic (exact) mass is 405 g/mol. The topological polar surface area (TPSA) is 47.9 Å². The molecule has 0 radical (unpaired) electrons. The van der Waals surface area contributed by atoms with Crippen molar-refractivity contribution in [3.05, 3.63) is 71.8 Å². The highest BCUT2D eigenvalue weighted by atomic mass is 16.6. The molecule has 0 saturated heterocycles. The molecule has 0 spiro atoms. The normalized spacial score (nSPS) is 28.7. The Bertz CT molecular complexity index is 878. The zero-order chi connectivity index (χ0) is 21.1. The molecule has 1 fully saturated rings. The predicted molar refractivity (Wildman–Crippen MR) is 118 cm³/mol. The highest BCUT2D eigenvalue weighted by Crippen LogP contribution is 2.37. The number of esters is 1. The van der Waals surface area contributed by atoms with Gasteiger partial charge in [0.1, 0.15) is 12.1 Å². The van der Waals surface area contributed by atoms with Crippen molar-refractivity contribution < 1.29 is 14.3 Å². The molecule has 1 aliphatic heterocycles. The van der Waals surface area contributed by atoms with Gasteiger partial charge in [-0.3, -0.25) is 0 Å². The van der Waals surface area contributed by atoms with Gasteiger partial charge in [-0.1, -0.05) is 75.7 Å². The maximum atomic E-state index is 13.3. The van der Waals surface area contributed by atoms with Gasteiger partial charge in [-0.2, -0.15) is 0 Å². The second kappa shape index (κ2) is 9.03. The third kappa shape index (κ3) is 4.43. The van der Waals surface area contributed by atoms with Crippen LogP contribution in [0.4, 0.5) is 0 Å². The van der Waals surface area contributed by atoms with Crippen molar-refractivity contribution in [2.75, 3.05) is 0 Å². The van der Waals surface area contributed by atoms with E-state index in [0.29, 0.717) is 23.7 Å². The number of carbonyl (C=O) groups is 1. The second-order valence-corrected chi connectivity index (χ2v) is 9.00. The Kier molecular flexibility index (Phi) is 6.21. The number of aliphatic imine (C=N–C) groups is 1. The molecule has 4 nitrogen and oxygen atoms in total. The van der Waals surface area contributed by atoms with Crippen LogP contribution < -0.4 is 0 Å². The van der Waals surface area contributed by atoms with Gasteiger partial charge in [0, 0.05) is 5.56 Å². The molecule has 2 aromatic carbocycles. The Hall–Kier alpha value is -2.62. The van der Waals surface area contributed by atoms with E-state index in [-0.39, 0.29) is 12.1 Å². The number of ether oxygens (including phenoxy) is 2. The fraction of sp³-hybridized carbons (Fsp3) is 0.462. The van der Waals surface area contributed by atoms with Gasteiger partial charge in [-0.25, -0.2) is 9.79 Å². The lowest BCUT2D eigenvalue weighted by molar-refractivity contribution is -0.165. The summed E-state index contributed by atoms with van der Waals surface area (Å²) < 4.78 is 12.2. The van der Waals surface area contributed by atoms with Crippen molar-refractivity contribution in [1.82, 2.24) is 0 Å². The molecule has 5 atom stereocenters. The predicted octanol–water partition coefficient (Wildman–Crippen LogP) is 5.58. The van der Waals surface area contributed by atoms with Gasteiger partial charge >= 0.3 is 5.97 Å². The molecule has 4 heteroatoms. The van der Waals surface area contributed by atoms with E-state index in [1.165, 1.54) is 6.42 Å². The van der Waals surface area contributed by atoms with Gasteiger partial charge in [-0.15, -0.1) is 0 Å². The number of carbonyl (C=O) groups excluding carboxylic acids is 1. The zero-order valence-electron chi connectivity index (χ0n) is 18.0. The Balaban J connectivity index is 1.57. The van der Waals surface area contributed by atoms with Crippen LogP contribution in [0, 0.1) is 17.8 Å². The number of benzene rings is 2. The van der Waals surface area contributed by atoms with Gasteiger partial charge < -0.3 is 9.47 Å². The van der Waals surface area contributed by atoms with E-state index in [9.17, 15) is 4.79 Å². The fourth-order valence-electron chi connectivity index (χ4n) is 4.68. The molecule has 0 bridgehead atoms. The van der Waals surface area contributed by atoms with Crippen LogP contribution in [0.1, 0.15) is 57.2 Å². The van der Waals surface area contributed by atoms with Crippen LogP contribution >= 0.6 is 0 Å². The fourth-order valence-corrected chi connectivity index (χ4v) is 4.68. The molecule has 1 aliphatic carbocycles. The standard InChI is InChI=1S/C26H31NO3/c1-17(2)21-15-14-18(3)16-22(21)29-26(28)24-23(19-10-6-4-7-11-19)27-25(30-24)20-12-8-5-9-13-20/h4-13,17-18,21-24H,14-16H2,1-3H3. The van der Waals surface area contributed by atoms with Crippen LogP contribution in [0.25, 0.3) is 0 Å². The highest BCUT2D eigenvalue weighted by molar-refractivity contribution is 5.98. The zero-order valence-corrected chi connectivity index (χ0v) is 18.0. The van der Waals surface area contributed by atoms with E-state index >= 15 is 0 Å². The van der Waals surface area contributed by atoms with Crippen LogP contribution in [0.2, 0.25) is 0 Å². The molecule has 1 saturated carbocycles. The Labute approximate surface area is 179 Å². The van der Waals surface area contributed by atoms with Crippen LogP contribution in [-0.4, -0.2) is 24.1 Å². The van der Waals surface area contributed by atoms with Crippen molar-refractivity contribution in [1.29, 1.82) is 0 Å². The summed E-state index contributed by atoms with van der Waals surface area (Å²) in [6, 6.07) is 19.2. The minimum atomic E-state index is -0.757. The Morgan fingerprint density at radius 1 is 1.03 bits per heavy atom. The summed E-state index contributed by atoms with van der Waals surface area (Å²) in [6.45, 7) is 6.68. The SMILES string of the molecule is CC1CCC(C(C)C)C(OC(=O)C2OC(c3ccccc3)=NC2c2ccccc2)C1. The van der Waals surface area contributed by atoms with Crippen molar-refractivity contribution in [3.63, 3.8) is 0 Å². The van der Waals surface area contributed by atoms with E-state index in [0.717, 1.165) is 24.0 Å². The largest absolute Gasteiger partial charge is 0.459 e. The smallest absolute Gasteiger partial charge is 0.350 e. The van der Waals surface area contributed by atoms with E-state index in [1.54, 1.807) is 0 Å². The van der Waals surface area contributed by atoms with Gasteiger partial charge in [-0.05, 0) is 48.3 Å². The molecule has 0 aromatic heterocycles. The first kappa shape index (κ1) is 20.6. The van der Waals surface area contributed by atoms with E-state index in [2.05, 4.69) is 20.8 Å². The summed E-state index contributed by atoms with van der Waals surface area (Å²) in [4.78, 5) is 18.1. The molecule has 5 unspecified atom stereocenters. The van der Waals surface area contributed by atoms with E-state index in [1.807, 2.05) is 60.7 Å². The lowest BCUT2D eigenvalue weighted by atomic mass is 9.75. The summed E-state index contributed by atoms with van der Waals surface area (Å²) in [6.07, 6.45) is 2.42. The molecule has 2 aromatic rings. The number of rotatable bonds is 5. The van der Waals surface area contributed by atoms with Gasteiger partial charge in [0.15, 0.2) is 0 Å². The highest BCUT2D eigenvalue weighted by Gasteiger charge is 2.42. The summed E-state index contributed by atoms with van der Waals surface area (Å²) in [5.41, 5.74) is 1.84. The number of nitrogens with zero attached hydrogens (tertiary/aromatic N) is 1. The average molecular weight is 406 g/mol. The first-order chi connectivity index (χ1) is 14.5. The first-order valence-electron chi connectivity index (χ1n) is 11.1. The second-order valence-electron chi connectivity index (χ2n) is 9.00. The maximum Gasteiger partial charge on any atom is 0.350 e. The molecule has 30 heavy (non-hydrogen) atoms. The van der Waals surface area contributed by atoms with Crippen molar-refractivity contribution in [3.8, 4) is 0 Å². The lowest BCUT2D eigenvalue weighted by Gasteiger charge is -2.37. The van der Waals surface area contributed by atoms with Crippen molar-refractivity contribution >= 4 is 11.9 Å².